The van der Waals surface area contributed by atoms with Crippen LogP contribution in [0.3, 0.4) is 0 Å². The molecule has 3 aromatic carbocycles. The van der Waals surface area contributed by atoms with Gasteiger partial charge in [0.15, 0.2) is 6.61 Å². The van der Waals surface area contributed by atoms with E-state index < -0.39 is 5.92 Å². The highest BCUT2D eigenvalue weighted by molar-refractivity contribution is 9.10. The molecule has 8 rings (SSSR count). The molecular weight excluding hydrogens is 698 g/mol. The normalized spacial score (nSPS) is 27.7. The van der Waals surface area contributed by atoms with Crippen molar-refractivity contribution in [2.45, 2.75) is 22.6 Å². The van der Waals surface area contributed by atoms with Gasteiger partial charge >= 0.3 is 4.87 Å². The van der Waals surface area contributed by atoms with Crippen molar-refractivity contribution in [2.24, 2.45) is 29.6 Å². The summed E-state index contributed by atoms with van der Waals surface area (Å²) in [5.74, 6) is -1.08. The van der Waals surface area contributed by atoms with E-state index in [4.69, 9.17) is 16.3 Å². The first-order chi connectivity index (χ1) is 21.8. The van der Waals surface area contributed by atoms with Gasteiger partial charge in [0.2, 0.25) is 11.8 Å². The van der Waals surface area contributed by atoms with E-state index in [1.165, 1.54) is 16.2 Å². The molecule has 4 aromatic rings. The van der Waals surface area contributed by atoms with Gasteiger partial charge in [-0.25, -0.2) is 0 Å². The number of nitrogens with one attached hydrogen (secondary N) is 2. The number of H-pyrrole nitrogens is 1. The molecule has 4 aliphatic rings. The quantitative estimate of drug-likeness (QED) is 0.219. The van der Waals surface area contributed by atoms with Gasteiger partial charge in [-0.3, -0.25) is 24.1 Å². The third-order valence-corrected chi connectivity index (χ3v) is 12.9. The summed E-state index contributed by atoms with van der Waals surface area (Å²) in [4.78, 5) is 58.6. The fourth-order valence-corrected chi connectivity index (χ4v) is 11.2. The van der Waals surface area contributed by atoms with Crippen molar-refractivity contribution in [1.82, 2.24) is 4.98 Å². The number of aromatic nitrogens is 1. The Morgan fingerprint density at radius 1 is 0.978 bits per heavy atom. The molecule has 3 fully saturated rings. The number of hydrogen-bond acceptors (Lipinski definition) is 7. The topological polar surface area (TPSA) is 109 Å². The maximum absolute atomic E-state index is 14.0. The Morgan fingerprint density at radius 2 is 1.69 bits per heavy atom. The Labute approximate surface area is 279 Å². The highest BCUT2D eigenvalue weighted by atomic mass is 79.9. The minimum absolute atomic E-state index is 0.00387. The summed E-state index contributed by atoms with van der Waals surface area (Å²) >= 11 is 12.2. The first-order valence-electron chi connectivity index (χ1n) is 14.6. The molecule has 0 unspecified atom stereocenters. The molecule has 228 valence electrons. The number of benzene rings is 3. The maximum atomic E-state index is 14.0. The monoisotopic (exact) mass is 721 g/mol. The zero-order valence-corrected chi connectivity index (χ0v) is 27.4. The summed E-state index contributed by atoms with van der Waals surface area (Å²) in [6, 6.07) is 21.7. The standard InChI is InChI=1S/C33H25BrClN3O5S2/c34-15-5-11-18(12-6-15)38-31(40)26-20-13-21(27(26)32(38)41)28-25(20)24(29-30(44-28)37-33(42)45-29)19-3-1-2-4-22(19)43-14-23(39)36-17-9-7-16(35)8-10-17/h1-12,20-21,24-28H,13-14H2,(H,36,39)(H,37,42)/t20-,21-,24+,25-,26+,27+,28-/m1/s1. The molecular formula is C33H25BrClN3O5S2. The number of ether oxygens (including phenoxy) is 1. The first kappa shape index (κ1) is 29.1. The van der Waals surface area contributed by atoms with Crippen molar-refractivity contribution in [2.75, 3.05) is 16.8 Å². The van der Waals surface area contributed by atoms with Crippen LogP contribution in [-0.4, -0.2) is 34.6 Å². The van der Waals surface area contributed by atoms with Crippen molar-refractivity contribution in [3.05, 3.63) is 102 Å². The van der Waals surface area contributed by atoms with Crippen molar-refractivity contribution in [1.29, 1.82) is 0 Å². The highest BCUT2D eigenvalue weighted by Gasteiger charge is 2.69. The number of thioether (sulfide) groups is 1. The smallest absolute Gasteiger partial charge is 0.305 e. The highest BCUT2D eigenvalue weighted by Crippen LogP contribution is 2.69. The summed E-state index contributed by atoms with van der Waals surface area (Å²) in [5, 5.41) is 4.26. The van der Waals surface area contributed by atoms with Crippen LogP contribution in [0.25, 0.3) is 0 Å². The summed E-state index contributed by atoms with van der Waals surface area (Å²) in [6.45, 7) is -0.211. The average molecular weight is 723 g/mol. The number of halogens is 2. The zero-order chi connectivity index (χ0) is 31.0. The van der Waals surface area contributed by atoms with Gasteiger partial charge in [-0.1, -0.05) is 57.1 Å². The number of fused-ring (bicyclic) bond motifs is 9. The van der Waals surface area contributed by atoms with Crippen LogP contribution in [0.2, 0.25) is 5.02 Å². The van der Waals surface area contributed by atoms with Crippen LogP contribution in [0.1, 0.15) is 22.8 Å². The molecule has 2 aliphatic heterocycles. The lowest BCUT2D eigenvalue weighted by molar-refractivity contribution is -0.123. The molecule has 1 saturated heterocycles. The van der Waals surface area contributed by atoms with Gasteiger partial charge in [-0.15, -0.1) is 11.8 Å². The minimum atomic E-state index is -0.411. The number of para-hydroxylation sites is 1. The van der Waals surface area contributed by atoms with Gasteiger partial charge in [0.25, 0.3) is 5.91 Å². The number of hydrogen-bond donors (Lipinski definition) is 2. The summed E-state index contributed by atoms with van der Waals surface area (Å²) in [7, 11) is 0. The molecule has 3 heterocycles. The van der Waals surface area contributed by atoms with E-state index in [2.05, 4.69) is 26.2 Å². The molecule has 2 N–H and O–H groups in total. The number of thiazole rings is 1. The molecule has 8 nitrogen and oxygen atoms in total. The molecule has 0 radical (unpaired) electrons. The van der Waals surface area contributed by atoms with Gasteiger partial charge in [0.05, 0.1) is 22.5 Å². The van der Waals surface area contributed by atoms with E-state index in [0.29, 0.717) is 22.1 Å². The SMILES string of the molecule is O=C(COc1ccccc1[C@@H]1c2sc(=O)[nH]c2S[C@@H]2[C@@H]3C[C@@H]([C@@H]4C(=O)N(c5ccc(Br)cc5)C(=O)[C@@H]34)[C@H]12)Nc1ccc(Cl)cc1. The molecule has 0 spiro atoms. The summed E-state index contributed by atoms with van der Waals surface area (Å²) in [6.07, 6.45) is 0.783. The number of anilines is 2. The Morgan fingerprint density at radius 3 is 2.44 bits per heavy atom. The van der Waals surface area contributed by atoms with Gasteiger partial charge in [0.1, 0.15) is 5.75 Å². The third kappa shape index (κ3) is 4.78. The van der Waals surface area contributed by atoms with Gasteiger partial charge < -0.3 is 15.0 Å². The number of imide groups is 1. The van der Waals surface area contributed by atoms with Crippen LogP contribution in [-0.2, 0) is 14.4 Å². The second-order valence-electron chi connectivity index (χ2n) is 11.8. The fourth-order valence-electron chi connectivity index (χ4n) is 7.95. The lowest BCUT2D eigenvalue weighted by atomic mass is 9.68. The largest absolute Gasteiger partial charge is 0.483 e. The van der Waals surface area contributed by atoms with Crippen LogP contribution in [0.5, 0.6) is 5.75 Å². The van der Waals surface area contributed by atoms with Gasteiger partial charge in [-0.05, 0) is 78.8 Å². The van der Waals surface area contributed by atoms with E-state index in [1.54, 1.807) is 48.2 Å². The third-order valence-electron chi connectivity index (χ3n) is 9.55. The molecule has 2 saturated carbocycles. The Bertz CT molecular complexity index is 1910. The number of carbonyl (C=O) groups is 3. The van der Waals surface area contributed by atoms with Crippen molar-refractivity contribution in [3.8, 4) is 5.75 Å². The molecule has 2 aliphatic carbocycles. The van der Waals surface area contributed by atoms with E-state index >= 15 is 0 Å². The lowest BCUT2D eigenvalue weighted by Crippen LogP contribution is -2.42. The lowest BCUT2D eigenvalue weighted by Gasteiger charge is -2.43. The van der Waals surface area contributed by atoms with E-state index in [0.717, 1.165) is 26.4 Å². The Balaban J connectivity index is 1.12. The zero-order valence-electron chi connectivity index (χ0n) is 23.4. The van der Waals surface area contributed by atoms with Crippen molar-refractivity contribution < 1.29 is 19.1 Å². The molecule has 2 bridgehead atoms. The molecule has 12 heteroatoms. The van der Waals surface area contributed by atoms with E-state index in [9.17, 15) is 19.2 Å². The maximum Gasteiger partial charge on any atom is 0.305 e. The molecule has 1 aromatic heterocycles. The average Bonchev–Trinajstić information content (AvgIpc) is 3.77. The number of aromatic amines is 1. The Hall–Kier alpha value is -3.38. The van der Waals surface area contributed by atoms with E-state index in [-0.39, 0.29) is 64.0 Å². The summed E-state index contributed by atoms with van der Waals surface area (Å²) < 4.78 is 7.02. The van der Waals surface area contributed by atoms with Crippen LogP contribution in [0.4, 0.5) is 11.4 Å². The fraction of sp³-hybridized carbons (Fsp3) is 0.273. The second kappa shape index (κ2) is 11.2. The van der Waals surface area contributed by atoms with Crippen LogP contribution in [0.15, 0.2) is 87.1 Å². The summed E-state index contributed by atoms with van der Waals surface area (Å²) in [5.41, 5.74) is 2.07. The van der Waals surface area contributed by atoms with Crippen LogP contribution < -0.4 is 19.8 Å². The second-order valence-corrected chi connectivity index (χ2v) is 15.4. The van der Waals surface area contributed by atoms with Crippen LogP contribution >= 0.6 is 50.6 Å². The minimum Gasteiger partial charge on any atom is -0.483 e. The number of amides is 3. The predicted octanol–water partition coefficient (Wildman–Crippen LogP) is 6.55. The molecule has 7 atom stereocenters. The van der Waals surface area contributed by atoms with Gasteiger partial charge in [0, 0.05) is 36.8 Å². The van der Waals surface area contributed by atoms with E-state index in [1.807, 2.05) is 36.4 Å². The van der Waals surface area contributed by atoms with Gasteiger partial charge in [-0.2, -0.15) is 0 Å². The van der Waals surface area contributed by atoms with Crippen molar-refractivity contribution >= 4 is 79.7 Å². The van der Waals surface area contributed by atoms with Crippen molar-refractivity contribution in [3.63, 3.8) is 0 Å². The number of carbonyl (C=O) groups excluding carboxylic acids is 3. The first-order valence-corrected chi connectivity index (χ1v) is 17.5. The Kier molecular flexibility index (Phi) is 7.20. The number of rotatable bonds is 6. The molecule has 45 heavy (non-hydrogen) atoms. The predicted molar refractivity (Wildman–Crippen MR) is 177 cm³/mol. The molecule has 3 amide bonds. The van der Waals surface area contributed by atoms with Crippen LogP contribution in [0, 0.1) is 29.6 Å². The number of nitrogens with zero attached hydrogens (tertiary/aromatic N) is 1.